The summed E-state index contributed by atoms with van der Waals surface area (Å²) in [4.78, 5) is 27.5. The van der Waals surface area contributed by atoms with Crippen LogP contribution in [0, 0.1) is 69.2 Å². The lowest BCUT2D eigenvalue weighted by Crippen LogP contribution is -2.18. The Morgan fingerprint density at radius 2 is 0.776 bits per heavy atom. The van der Waals surface area contributed by atoms with Gasteiger partial charge in [-0.1, -0.05) is 167 Å². The van der Waals surface area contributed by atoms with Crippen molar-refractivity contribution < 1.29 is 9.59 Å². The summed E-state index contributed by atoms with van der Waals surface area (Å²) in [5.74, 6) is -0.225. The molecule has 0 heterocycles. The van der Waals surface area contributed by atoms with Gasteiger partial charge in [0, 0.05) is 23.9 Å². The lowest BCUT2D eigenvalue weighted by atomic mass is 9.82. The summed E-state index contributed by atoms with van der Waals surface area (Å²) in [5.41, 5.74) is 23.1. The summed E-state index contributed by atoms with van der Waals surface area (Å²) in [5, 5.41) is 24.9. The summed E-state index contributed by atoms with van der Waals surface area (Å²) in [6.45, 7) is 21.5. The van der Waals surface area contributed by atoms with E-state index in [0.717, 1.165) is 76.9 Å². The van der Waals surface area contributed by atoms with Gasteiger partial charge in [-0.15, -0.1) is 0 Å². The van der Waals surface area contributed by atoms with E-state index in [1.165, 1.54) is 115 Å². The minimum Gasteiger partial charge on any atom is -0.355 e. The molecule has 0 saturated carbocycles. The smallest absolute Gasteiger partial charge is 0.255 e. The number of nitrogens with one attached hydrogen (secondary N) is 2. The topological polar surface area (TPSA) is 58.2 Å². The second-order valence-electron chi connectivity index (χ2n) is 24.3. The summed E-state index contributed by atoms with van der Waals surface area (Å²) >= 11 is 0. The Morgan fingerprint density at radius 1 is 0.294 bits per heavy atom. The van der Waals surface area contributed by atoms with E-state index in [-0.39, 0.29) is 11.8 Å². The predicted molar refractivity (Wildman–Crippen MR) is 363 cm³/mol. The Hall–Kier alpha value is -9.90. The maximum atomic E-state index is 14.8. The van der Waals surface area contributed by atoms with Gasteiger partial charge in [-0.05, 0) is 276 Å². The number of hydrogen-bond donors (Lipinski definition) is 2. The number of carbonyl (C=O) groups excluding carboxylic acids is 2. The molecular formula is C81H66N2O2. The zero-order valence-electron chi connectivity index (χ0n) is 50.2. The number of fused-ring (bicyclic) bond motifs is 8. The highest BCUT2D eigenvalue weighted by atomic mass is 16.2. The summed E-state index contributed by atoms with van der Waals surface area (Å²) in [6.07, 6.45) is 0. The van der Waals surface area contributed by atoms with Crippen LogP contribution in [0.3, 0.4) is 0 Å². The number of anilines is 1. The van der Waals surface area contributed by atoms with Gasteiger partial charge in [0.25, 0.3) is 11.8 Å². The van der Waals surface area contributed by atoms with Crippen molar-refractivity contribution in [2.75, 3.05) is 12.4 Å². The minimum absolute atomic E-state index is 0.0822. The van der Waals surface area contributed by atoms with Crippen molar-refractivity contribution in [1.29, 1.82) is 0 Å². The molecule has 0 unspecified atom stereocenters. The average Bonchev–Trinajstić information content (AvgIpc) is 1.14. The molecule has 85 heavy (non-hydrogen) atoms. The van der Waals surface area contributed by atoms with Gasteiger partial charge in [0.1, 0.15) is 0 Å². The molecule has 2 amide bonds. The molecule has 0 bridgehead atoms. The molecule has 0 aliphatic carbocycles. The molecule has 14 rings (SSSR count). The molecule has 0 saturated heterocycles. The number of rotatable bonds is 7. The molecule has 0 spiro atoms. The molecule has 0 aliphatic heterocycles. The van der Waals surface area contributed by atoms with Gasteiger partial charge < -0.3 is 10.6 Å². The molecule has 14 aromatic rings. The van der Waals surface area contributed by atoms with Crippen molar-refractivity contribution in [3.8, 4) is 44.5 Å². The van der Waals surface area contributed by atoms with Crippen molar-refractivity contribution in [3.63, 3.8) is 0 Å². The number of amides is 2. The Kier molecular flexibility index (Phi) is 12.6. The monoisotopic (exact) mass is 1100 g/mol. The third-order valence-electron chi connectivity index (χ3n) is 18.4. The standard InChI is InChI=1S/C81H66N2O2/c1-43-13-23-66-71(32-43)76(65-22-12-44(2)33-72(65)78(66)58-19-17-54-31-47(5)30-48(6)69(54)40-58)56-18-16-53-42-75(50(8)37-59(53)39-56)83-80(84)60-36-49(7)61-28-29-63(52(10)70(61)41-60)79-68-25-15-45(3)34-73(68)77(67-24-14-46(4)35-74(67)79)57-21-26-62-51(9)64(81(85)82-11)27-20-55(62)38-57/h12-42H,1-11H3,(H,82,85)(H,83,84). The zero-order chi connectivity index (χ0) is 58.9. The Labute approximate surface area is 496 Å². The van der Waals surface area contributed by atoms with Crippen LogP contribution in [0.15, 0.2) is 188 Å². The molecular weight excluding hydrogens is 1030 g/mol. The Bertz CT molecular complexity index is 5290. The fourth-order valence-electron chi connectivity index (χ4n) is 14.1. The van der Waals surface area contributed by atoms with E-state index in [9.17, 15) is 9.59 Å². The first-order valence-corrected chi connectivity index (χ1v) is 29.6. The summed E-state index contributed by atoms with van der Waals surface area (Å²) in [7, 11) is 1.68. The van der Waals surface area contributed by atoms with Crippen LogP contribution in [-0.2, 0) is 0 Å². The average molecular weight is 1100 g/mol. The molecule has 412 valence electrons. The number of aryl methyl sites for hydroxylation is 10. The molecule has 0 radical (unpaired) electrons. The zero-order valence-corrected chi connectivity index (χ0v) is 50.2. The first-order chi connectivity index (χ1) is 41.0. The number of benzene rings is 14. The van der Waals surface area contributed by atoms with Gasteiger partial charge in [-0.2, -0.15) is 0 Å². The predicted octanol–water partition coefficient (Wildman–Crippen LogP) is 21.3. The lowest BCUT2D eigenvalue weighted by molar-refractivity contribution is 0.0961. The maximum Gasteiger partial charge on any atom is 0.255 e. The fourth-order valence-corrected chi connectivity index (χ4v) is 14.1. The highest BCUT2D eigenvalue weighted by Crippen LogP contribution is 2.49. The van der Waals surface area contributed by atoms with Gasteiger partial charge in [0.15, 0.2) is 0 Å². The van der Waals surface area contributed by atoms with Crippen LogP contribution in [0.4, 0.5) is 5.69 Å². The largest absolute Gasteiger partial charge is 0.355 e. The van der Waals surface area contributed by atoms with Crippen LogP contribution in [-0.4, -0.2) is 18.9 Å². The third-order valence-corrected chi connectivity index (χ3v) is 18.4. The van der Waals surface area contributed by atoms with Gasteiger partial charge in [0.2, 0.25) is 0 Å². The van der Waals surface area contributed by atoms with E-state index in [2.05, 4.69) is 249 Å². The maximum absolute atomic E-state index is 14.8. The van der Waals surface area contributed by atoms with Gasteiger partial charge in [0.05, 0.1) is 0 Å². The van der Waals surface area contributed by atoms with E-state index in [0.29, 0.717) is 11.1 Å². The normalized spacial score (nSPS) is 11.8. The first-order valence-electron chi connectivity index (χ1n) is 29.6. The SMILES string of the molecule is CNC(=O)c1ccc2cc(-c3c4cc(C)ccc4c(-c4ccc5c(C)cc(C(=O)Nc6cc7ccc(-c8c9ccc(C)cc9c(-c9ccc%10cc(C)cc(C)c%10c9)c9ccc(C)cc89)cc7cc6C)cc5c4C)c4cc(C)ccc34)ccc2c1C. The van der Waals surface area contributed by atoms with Crippen molar-refractivity contribution in [2.45, 2.75) is 69.2 Å². The Balaban J connectivity index is 0.838. The molecule has 0 fully saturated rings. The summed E-state index contributed by atoms with van der Waals surface area (Å²) < 4.78 is 0. The van der Waals surface area contributed by atoms with Crippen molar-refractivity contribution in [1.82, 2.24) is 5.32 Å². The molecule has 4 heteroatoms. The first kappa shape index (κ1) is 53.1. The van der Waals surface area contributed by atoms with Crippen LogP contribution in [0.2, 0.25) is 0 Å². The van der Waals surface area contributed by atoms with E-state index in [1.807, 2.05) is 19.1 Å². The molecule has 4 nitrogen and oxygen atoms in total. The fraction of sp³-hybridized carbons (Fsp3) is 0.136. The molecule has 14 aromatic carbocycles. The van der Waals surface area contributed by atoms with Crippen LogP contribution < -0.4 is 10.6 Å². The van der Waals surface area contributed by atoms with Crippen LogP contribution >= 0.6 is 0 Å². The highest BCUT2D eigenvalue weighted by Gasteiger charge is 2.23. The van der Waals surface area contributed by atoms with Gasteiger partial charge >= 0.3 is 0 Å². The van der Waals surface area contributed by atoms with E-state index in [1.54, 1.807) is 7.05 Å². The minimum atomic E-state index is -0.143. The van der Waals surface area contributed by atoms with Crippen molar-refractivity contribution >= 4 is 104 Å². The summed E-state index contributed by atoms with van der Waals surface area (Å²) in [6, 6.07) is 69.5. The molecule has 2 N–H and O–H groups in total. The van der Waals surface area contributed by atoms with Gasteiger partial charge in [-0.3, -0.25) is 9.59 Å². The quantitative estimate of drug-likeness (QED) is 0.156. The molecule has 0 atom stereocenters. The van der Waals surface area contributed by atoms with Crippen molar-refractivity contribution in [3.05, 3.63) is 255 Å². The molecule has 0 aromatic heterocycles. The number of carbonyl (C=O) groups is 2. The number of hydrogen-bond acceptors (Lipinski definition) is 2. The molecule has 0 aliphatic rings. The van der Waals surface area contributed by atoms with E-state index in [4.69, 9.17) is 0 Å². The van der Waals surface area contributed by atoms with Crippen molar-refractivity contribution in [2.24, 2.45) is 0 Å². The third kappa shape index (κ3) is 8.81. The van der Waals surface area contributed by atoms with E-state index >= 15 is 0 Å². The van der Waals surface area contributed by atoms with Crippen LogP contribution in [0.25, 0.3) is 131 Å². The Morgan fingerprint density at radius 3 is 1.38 bits per heavy atom. The van der Waals surface area contributed by atoms with E-state index < -0.39 is 0 Å². The lowest BCUT2D eigenvalue weighted by Gasteiger charge is -2.21. The van der Waals surface area contributed by atoms with Gasteiger partial charge in [-0.25, -0.2) is 0 Å². The second kappa shape index (κ2) is 20.2. The van der Waals surface area contributed by atoms with Crippen LogP contribution in [0.1, 0.15) is 76.4 Å². The highest BCUT2D eigenvalue weighted by molar-refractivity contribution is 6.25. The second-order valence-corrected chi connectivity index (χ2v) is 24.3. The van der Waals surface area contributed by atoms with Crippen LogP contribution in [0.5, 0.6) is 0 Å².